The first-order valence-electron chi connectivity index (χ1n) is 7.68. The number of aromatic nitrogens is 4. The molecule has 5 nitrogen and oxygen atoms in total. The molecular formula is C16H25N5. The summed E-state index contributed by atoms with van der Waals surface area (Å²) in [6, 6.07) is 2.14. The molecule has 0 radical (unpaired) electrons. The number of hydrogen-bond acceptors (Lipinski definition) is 3. The highest BCUT2D eigenvalue weighted by Gasteiger charge is 2.27. The van der Waals surface area contributed by atoms with E-state index in [1.54, 1.807) is 0 Å². The van der Waals surface area contributed by atoms with E-state index in [4.69, 9.17) is 5.10 Å². The maximum absolute atomic E-state index is 4.75. The zero-order chi connectivity index (χ0) is 15.2. The zero-order valence-corrected chi connectivity index (χ0v) is 13.6. The monoisotopic (exact) mass is 287 g/mol. The number of nitrogens with one attached hydrogen (secondary N) is 1. The molecule has 21 heavy (non-hydrogen) atoms. The molecule has 2 aromatic rings. The summed E-state index contributed by atoms with van der Waals surface area (Å²) >= 11 is 0. The largest absolute Gasteiger partial charge is 0.308 e. The van der Waals surface area contributed by atoms with Gasteiger partial charge in [-0.3, -0.25) is 4.68 Å². The second kappa shape index (κ2) is 4.98. The third-order valence-corrected chi connectivity index (χ3v) is 3.93. The second-order valence-electron chi connectivity index (χ2n) is 7.07. The van der Waals surface area contributed by atoms with Gasteiger partial charge in [0.2, 0.25) is 0 Å². The Kier molecular flexibility index (Phi) is 3.40. The molecule has 1 fully saturated rings. The van der Waals surface area contributed by atoms with E-state index in [1.807, 2.05) is 16.4 Å². The quantitative estimate of drug-likeness (QED) is 0.940. The molecule has 2 aromatic heterocycles. The van der Waals surface area contributed by atoms with Crippen LogP contribution in [-0.4, -0.2) is 25.1 Å². The Morgan fingerprint density at radius 2 is 2.00 bits per heavy atom. The summed E-state index contributed by atoms with van der Waals surface area (Å²) in [6.45, 7) is 9.40. The highest BCUT2D eigenvalue weighted by atomic mass is 15.4. The van der Waals surface area contributed by atoms with Gasteiger partial charge < -0.3 is 5.32 Å². The van der Waals surface area contributed by atoms with Crippen LogP contribution in [-0.2, 0) is 13.6 Å². The van der Waals surface area contributed by atoms with Crippen molar-refractivity contribution in [2.24, 2.45) is 7.05 Å². The van der Waals surface area contributed by atoms with Crippen LogP contribution in [0.4, 0.5) is 0 Å². The Hall–Kier alpha value is -1.62. The SMILES string of the molecule is Cc1nn(C)c(-n2ccc(C3CC3)n2)c1CNC(C)(C)C. The molecule has 0 saturated heterocycles. The highest BCUT2D eigenvalue weighted by Crippen LogP contribution is 2.39. The van der Waals surface area contributed by atoms with E-state index in [0.717, 1.165) is 18.1 Å². The maximum Gasteiger partial charge on any atom is 0.156 e. The van der Waals surface area contributed by atoms with Crippen molar-refractivity contribution in [2.75, 3.05) is 0 Å². The summed E-state index contributed by atoms with van der Waals surface area (Å²) in [4.78, 5) is 0. The molecule has 1 N–H and O–H groups in total. The lowest BCUT2D eigenvalue weighted by molar-refractivity contribution is 0.423. The van der Waals surface area contributed by atoms with Crippen molar-refractivity contribution in [1.82, 2.24) is 24.9 Å². The van der Waals surface area contributed by atoms with Crippen LogP contribution in [0, 0.1) is 6.92 Å². The first-order valence-corrected chi connectivity index (χ1v) is 7.68. The van der Waals surface area contributed by atoms with Gasteiger partial charge >= 0.3 is 0 Å². The Bertz CT molecular complexity index is 640. The second-order valence-corrected chi connectivity index (χ2v) is 7.07. The van der Waals surface area contributed by atoms with E-state index in [0.29, 0.717) is 5.92 Å². The summed E-state index contributed by atoms with van der Waals surface area (Å²) in [6.07, 6.45) is 4.62. The lowest BCUT2D eigenvalue weighted by Gasteiger charge is -2.20. The molecule has 0 unspecified atom stereocenters. The lowest BCUT2D eigenvalue weighted by Crippen LogP contribution is -2.35. The Balaban J connectivity index is 1.92. The van der Waals surface area contributed by atoms with Crippen molar-refractivity contribution in [3.8, 4) is 5.82 Å². The summed E-state index contributed by atoms with van der Waals surface area (Å²) < 4.78 is 3.91. The van der Waals surface area contributed by atoms with Gasteiger partial charge in [0.15, 0.2) is 5.82 Å². The zero-order valence-electron chi connectivity index (χ0n) is 13.6. The van der Waals surface area contributed by atoms with Crippen molar-refractivity contribution in [2.45, 2.75) is 58.5 Å². The number of nitrogens with zero attached hydrogens (tertiary/aromatic N) is 4. The lowest BCUT2D eigenvalue weighted by atomic mass is 10.1. The summed E-state index contributed by atoms with van der Waals surface area (Å²) in [5.74, 6) is 1.74. The molecule has 2 heterocycles. The molecular weight excluding hydrogens is 262 g/mol. The fourth-order valence-electron chi connectivity index (χ4n) is 2.59. The molecule has 0 atom stereocenters. The van der Waals surface area contributed by atoms with Crippen molar-refractivity contribution in [3.05, 3.63) is 29.2 Å². The summed E-state index contributed by atoms with van der Waals surface area (Å²) in [7, 11) is 1.99. The first-order chi connectivity index (χ1) is 9.85. The van der Waals surface area contributed by atoms with E-state index in [1.165, 1.54) is 24.1 Å². The van der Waals surface area contributed by atoms with Crippen LogP contribution >= 0.6 is 0 Å². The van der Waals surface area contributed by atoms with Crippen LogP contribution < -0.4 is 5.32 Å². The van der Waals surface area contributed by atoms with E-state index in [2.05, 4.69) is 50.4 Å². The standard InChI is InChI=1S/C16H25N5/c1-11-13(10-17-16(2,3)4)15(20(5)18-11)21-9-8-14(19-21)12-6-7-12/h8-9,12,17H,6-7,10H2,1-5H3. The van der Waals surface area contributed by atoms with Crippen molar-refractivity contribution >= 4 is 0 Å². The van der Waals surface area contributed by atoms with Gasteiger partial charge in [0.05, 0.1) is 11.4 Å². The van der Waals surface area contributed by atoms with Crippen molar-refractivity contribution < 1.29 is 0 Å². The molecule has 114 valence electrons. The van der Waals surface area contributed by atoms with Gasteiger partial charge in [-0.2, -0.15) is 10.2 Å². The van der Waals surface area contributed by atoms with Gasteiger partial charge in [-0.1, -0.05) is 0 Å². The van der Waals surface area contributed by atoms with Crippen LogP contribution in [0.3, 0.4) is 0 Å². The van der Waals surface area contributed by atoms with Gasteiger partial charge in [0, 0.05) is 36.8 Å². The molecule has 1 aliphatic rings. The predicted octanol–water partition coefficient (Wildman–Crippen LogP) is 2.68. The normalized spacial score (nSPS) is 15.7. The van der Waals surface area contributed by atoms with Crippen LogP contribution in [0.25, 0.3) is 5.82 Å². The molecule has 1 saturated carbocycles. The van der Waals surface area contributed by atoms with Crippen LogP contribution in [0.2, 0.25) is 0 Å². The van der Waals surface area contributed by atoms with Crippen LogP contribution in [0.5, 0.6) is 0 Å². The molecule has 5 heteroatoms. The topological polar surface area (TPSA) is 47.7 Å². The average Bonchev–Trinajstić information content (AvgIpc) is 3.04. The summed E-state index contributed by atoms with van der Waals surface area (Å²) in [5.41, 5.74) is 3.58. The molecule has 0 bridgehead atoms. The van der Waals surface area contributed by atoms with Crippen molar-refractivity contribution in [3.63, 3.8) is 0 Å². The maximum atomic E-state index is 4.75. The van der Waals surface area contributed by atoms with Gasteiger partial charge in [0.1, 0.15) is 0 Å². The van der Waals surface area contributed by atoms with Gasteiger partial charge in [-0.15, -0.1) is 0 Å². The minimum absolute atomic E-state index is 0.0862. The number of hydrogen-bond donors (Lipinski definition) is 1. The fourth-order valence-corrected chi connectivity index (χ4v) is 2.59. The van der Waals surface area contributed by atoms with E-state index in [-0.39, 0.29) is 5.54 Å². The summed E-state index contributed by atoms with van der Waals surface area (Å²) in [5, 5.41) is 12.9. The molecule has 0 aromatic carbocycles. The minimum Gasteiger partial charge on any atom is -0.308 e. The van der Waals surface area contributed by atoms with E-state index >= 15 is 0 Å². The third-order valence-electron chi connectivity index (χ3n) is 3.93. The van der Waals surface area contributed by atoms with E-state index < -0.39 is 0 Å². The Labute approximate surface area is 126 Å². The van der Waals surface area contributed by atoms with Gasteiger partial charge in [-0.05, 0) is 46.6 Å². The molecule has 0 amide bonds. The fraction of sp³-hybridized carbons (Fsp3) is 0.625. The predicted molar refractivity (Wildman–Crippen MR) is 83.6 cm³/mol. The van der Waals surface area contributed by atoms with Crippen LogP contribution in [0.15, 0.2) is 12.3 Å². The van der Waals surface area contributed by atoms with Gasteiger partial charge in [-0.25, -0.2) is 4.68 Å². The van der Waals surface area contributed by atoms with Crippen molar-refractivity contribution in [1.29, 1.82) is 0 Å². The smallest absolute Gasteiger partial charge is 0.156 e. The Morgan fingerprint density at radius 3 is 2.62 bits per heavy atom. The minimum atomic E-state index is 0.0862. The number of rotatable bonds is 4. The molecule has 1 aliphatic carbocycles. The Morgan fingerprint density at radius 1 is 1.29 bits per heavy atom. The van der Waals surface area contributed by atoms with Gasteiger partial charge in [0.25, 0.3) is 0 Å². The van der Waals surface area contributed by atoms with Crippen LogP contribution in [0.1, 0.15) is 56.5 Å². The third kappa shape index (κ3) is 3.02. The van der Waals surface area contributed by atoms with E-state index in [9.17, 15) is 0 Å². The highest BCUT2D eigenvalue weighted by molar-refractivity contribution is 5.38. The molecule has 3 rings (SSSR count). The average molecular weight is 287 g/mol. The number of aryl methyl sites for hydroxylation is 2. The molecule has 0 aliphatic heterocycles. The first kappa shape index (κ1) is 14.3. The molecule has 0 spiro atoms.